The Morgan fingerprint density at radius 2 is 1.35 bits per heavy atom. The van der Waals surface area contributed by atoms with E-state index in [0.29, 0.717) is 0 Å². The number of rotatable bonds is 10. The number of ether oxygens (including phenoxy) is 2. The third-order valence-electron chi connectivity index (χ3n) is 5.43. The quantitative estimate of drug-likeness (QED) is 0.385. The van der Waals surface area contributed by atoms with Gasteiger partial charge in [-0.25, -0.2) is 4.57 Å². The van der Waals surface area contributed by atoms with E-state index < -0.39 is 25.8 Å². The molecule has 1 aliphatic heterocycles. The third kappa shape index (κ3) is 6.84. The molecule has 1 heterocycles. The van der Waals surface area contributed by atoms with E-state index >= 15 is 0 Å². The summed E-state index contributed by atoms with van der Waals surface area (Å²) in [6, 6.07) is 28.1. The predicted molar refractivity (Wildman–Crippen MR) is 127 cm³/mol. The molecule has 3 atom stereocenters. The molecule has 0 radical (unpaired) electrons. The molecule has 1 aliphatic rings. The lowest BCUT2D eigenvalue weighted by Gasteiger charge is -2.40. The van der Waals surface area contributed by atoms with Crippen LogP contribution in [0.25, 0.3) is 0 Å². The van der Waals surface area contributed by atoms with Crippen molar-refractivity contribution in [2.75, 3.05) is 13.2 Å². The summed E-state index contributed by atoms with van der Waals surface area (Å²) in [5.41, 5.74) is 1.11. The minimum absolute atomic E-state index is 0.0284. The molecule has 0 amide bonds. The van der Waals surface area contributed by atoms with Crippen LogP contribution in [0, 0.1) is 0 Å². The molecule has 4 rings (SSSR count). The smallest absolute Gasteiger partial charge is 0.385 e. The highest BCUT2D eigenvalue weighted by Gasteiger charge is 2.43. The minimum atomic E-state index is -4.00. The van der Waals surface area contributed by atoms with E-state index in [1.807, 2.05) is 91.0 Å². The fourth-order valence-electron chi connectivity index (χ4n) is 3.40. The molecular weight excluding hydrogens is 455 g/mol. The van der Waals surface area contributed by atoms with Crippen molar-refractivity contribution in [2.45, 2.75) is 38.1 Å². The van der Waals surface area contributed by atoms with Crippen LogP contribution in [0.2, 0.25) is 0 Å². The van der Waals surface area contributed by atoms with Gasteiger partial charge in [-0.1, -0.05) is 91.0 Å². The number of hydrogen-bond acceptors (Lipinski definition) is 7. The summed E-state index contributed by atoms with van der Waals surface area (Å²) in [6.45, 7) is 1.50. The van der Waals surface area contributed by atoms with Gasteiger partial charge in [-0.3, -0.25) is 13.6 Å². The Morgan fingerprint density at radius 1 is 0.853 bits per heavy atom. The number of hydrogen-bond donors (Lipinski definition) is 1. The molecule has 34 heavy (non-hydrogen) atoms. The number of benzene rings is 3. The van der Waals surface area contributed by atoms with E-state index in [0.717, 1.165) is 16.7 Å². The maximum atomic E-state index is 13.5. The highest BCUT2D eigenvalue weighted by Crippen LogP contribution is 2.51. The Labute approximate surface area is 199 Å². The van der Waals surface area contributed by atoms with Gasteiger partial charge in [-0.05, 0) is 18.1 Å². The largest absolute Gasteiger partial charge is 0.475 e. The van der Waals surface area contributed by atoms with Crippen molar-refractivity contribution >= 4 is 7.82 Å². The van der Waals surface area contributed by atoms with Crippen molar-refractivity contribution in [3.63, 3.8) is 0 Å². The van der Waals surface area contributed by atoms with Crippen LogP contribution in [0.15, 0.2) is 91.0 Å². The van der Waals surface area contributed by atoms with Gasteiger partial charge in [0, 0.05) is 5.56 Å². The van der Waals surface area contributed by atoms with Gasteiger partial charge in [0.15, 0.2) is 6.29 Å². The Bertz CT molecular complexity index is 1010. The number of phosphoric acid groups is 1. The van der Waals surface area contributed by atoms with Gasteiger partial charge >= 0.3 is 7.82 Å². The van der Waals surface area contributed by atoms with Crippen molar-refractivity contribution in [3.05, 3.63) is 108 Å². The molecule has 3 aromatic carbocycles. The highest BCUT2D eigenvalue weighted by atomic mass is 31.2. The lowest BCUT2D eigenvalue weighted by atomic mass is 9.99. The summed E-state index contributed by atoms with van der Waals surface area (Å²) >= 11 is 0. The van der Waals surface area contributed by atoms with Crippen molar-refractivity contribution in [1.82, 2.24) is 0 Å². The molecule has 0 bridgehead atoms. The lowest BCUT2D eigenvalue weighted by Crippen LogP contribution is -2.52. The number of phosphoric ester groups is 1. The van der Waals surface area contributed by atoms with Crippen LogP contribution in [-0.4, -0.2) is 30.0 Å². The van der Waals surface area contributed by atoms with Crippen LogP contribution in [0.1, 0.15) is 29.9 Å². The van der Waals surface area contributed by atoms with E-state index in [9.17, 15) is 9.67 Å². The van der Waals surface area contributed by atoms with Crippen molar-refractivity contribution in [1.29, 1.82) is 0 Å². The lowest BCUT2D eigenvalue weighted by molar-refractivity contribution is -0.293. The molecule has 7 nitrogen and oxygen atoms in total. The average molecular weight is 484 g/mol. The zero-order valence-corrected chi connectivity index (χ0v) is 19.9. The Kier molecular flexibility index (Phi) is 8.29. The first-order chi connectivity index (χ1) is 16.4. The summed E-state index contributed by atoms with van der Waals surface area (Å²) in [5, 5.41) is 10.8. The summed E-state index contributed by atoms with van der Waals surface area (Å²) in [6.07, 6.45) is -1.50. The summed E-state index contributed by atoms with van der Waals surface area (Å²) < 4.78 is 42.2. The zero-order valence-electron chi connectivity index (χ0n) is 19.0. The molecular formula is C26H29O7P. The van der Waals surface area contributed by atoms with Crippen molar-refractivity contribution in [3.8, 4) is 0 Å². The van der Waals surface area contributed by atoms with Gasteiger partial charge in [0.2, 0.25) is 0 Å². The maximum absolute atomic E-state index is 13.5. The minimum Gasteiger partial charge on any atom is -0.385 e. The van der Waals surface area contributed by atoms with Crippen LogP contribution in [0.4, 0.5) is 0 Å². The normalized spacial score (nSPS) is 23.0. The molecule has 0 spiro atoms. The van der Waals surface area contributed by atoms with E-state index in [2.05, 4.69) is 0 Å². The topological polar surface area (TPSA) is 83.5 Å². The van der Waals surface area contributed by atoms with E-state index in [1.54, 1.807) is 6.92 Å². The Morgan fingerprint density at radius 3 is 1.88 bits per heavy atom. The third-order valence-corrected chi connectivity index (χ3v) is 6.78. The van der Waals surface area contributed by atoms with E-state index in [4.69, 9.17) is 23.0 Å². The maximum Gasteiger partial charge on any atom is 0.475 e. The molecule has 1 fully saturated rings. The molecule has 1 N–H and O–H groups in total. The average Bonchev–Trinajstić information content (AvgIpc) is 2.87. The second-order valence-corrected chi connectivity index (χ2v) is 9.97. The predicted octanol–water partition coefficient (Wildman–Crippen LogP) is 5.41. The molecule has 3 aromatic rings. The first-order valence-corrected chi connectivity index (χ1v) is 12.6. The summed E-state index contributed by atoms with van der Waals surface area (Å²) in [4.78, 5) is 0. The Balaban J connectivity index is 1.44. The van der Waals surface area contributed by atoms with Gasteiger partial charge in [-0.2, -0.15) is 0 Å². The van der Waals surface area contributed by atoms with Gasteiger partial charge in [0.25, 0.3) is 0 Å². The molecule has 8 heteroatoms. The second kappa shape index (κ2) is 11.4. The SMILES string of the molecule is C[C@]1(O)CO[C@H](c2ccccc2)O[C@@H]1COP(=O)(OCc1ccccc1)OCc1ccccc1. The van der Waals surface area contributed by atoms with E-state index in [1.165, 1.54) is 0 Å². The fourth-order valence-corrected chi connectivity index (χ4v) is 4.56. The molecule has 1 saturated heterocycles. The standard InChI is InChI=1S/C26H29O7P/c1-26(27)20-29-25(23-15-9-4-10-16-23)33-24(26)19-32-34(28,30-17-21-11-5-2-6-12-21)31-18-22-13-7-3-8-14-22/h2-16,24-25,27H,17-20H2,1H3/t24-,25+,26+/m1/s1. The molecule has 0 aromatic heterocycles. The molecule has 180 valence electrons. The summed E-state index contributed by atoms with van der Waals surface area (Å²) in [7, 11) is -4.00. The van der Waals surface area contributed by atoms with Gasteiger partial charge < -0.3 is 14.6 Å². The Hall–Kier alpha value is -2.35. The van der Waals surface area contributed by atoms with Gasteiger partial charge in [0.05, 0.1) is 26.4 Å². The van der Waals surface area contributed by atoms with Crippen LogP contribution in [0.3, 0.4) is 0 Å². The first-order valence-electron chi connectivity index (χ1n) is 11.1. The fraction of sp³-hybridized carbons (Fsp3) is 0.308. The van der Waals surface area contributed by atoms with Gasteiger partial charge in [-0.15, -0.1) is 0 Å². The van der Waals surface area contributed by atoms with Crippen LogP contribution >= 0.6 is 7.82 Å². The first kappa shape index (κ1) is 24.8. The molecule has 0 aliphatic carbocycles. The van der Waals surface area contributed by atoms with Crippen LogP contribution in [0.5, 0.6) is 0 Å². The van der Waals surface area contributed by atoms with E-state index in [-0.39, 0.29) is 26.4 Å². The van der Waals surface area contributed by atoms with Crippen molar-refractivity contribution in [2.24, 2.45) is 0 Å². The number of aliphatic hydroxyl groups is 1. The molecule has 0 unspecified atom stereocenters. The second-order valence-electron chi connectivity index (χ2n) is 8.30. The highest BCUT2D eigenvalue weighted by molar-refractivity contribution is 7.48. The monoisotopic (exact) mass is 484 g/mol. The van der Waals surface area contributed by atoms with Gasteiger partial charge in [0.1, 0.15) is 11.7 Å². The van der Waals surface area contributed by atoms with Crippen LogP contribution in [-0.2, 0) is 40.8 Å². The summed E-state index contributed by atoms with van der Waals surface area (Å²) in [5.74, 6) is 0. The zero-order chi connectivity index (χ0) is 23.9. The van der Waals surface area contributed by atoms with Crippen molar-refractivity contribution < 1.29 is 32.7 Å². The molecule has 0 saturated carbocycles. The van der Waals surface area contributed by atoms with Crippen LogP contribution < -0.4 is 0 Å².